The van der Waals surface area contributed by atoms with Crippen LogP contribution in [-0.2, 0) is 14.3 Å². The Balaban J connectivity index is 2.05. The van der Waals surface area contributed by atoms with E-state index in [-0.39, 0.29) is 6.42 Å². The van der Waals surface area contributed by atoms with Gasteiger partial charge in [0.25, 0.3) is 0 Å². The zero-order valence-electron chi connectivity index (χ0n) is 7.37. The van der Waals surface area contributed by atoms with Crippen molar-refractivity contribution >= 4 is 5.97 Å². The van der Waals surface area contributed by atoms with Crippen LogP contribution in [0.3, 0.4) is 0 Å². The van der Waals surface area contributed by atoms with E-state index >= 15 is 0 Å². The molecule has 2 saturated heterocycles. The number of fused-ring (bicyclic) bond motifs is 1. The molecule has 0 aromatic rings. The Kier molecular flexibility index (Phi) is 2.44. The van der Waals surface area contributed by atoms with Crippen LogP contribution in [0.4, 0.5) is 0 Å². The molecule has 6 nitrogen and oxygen atoms in total. The van der Waals surface area contributed by atoms with Crippen molar-refractivity contribution in [3.05, 3.63) is 0 Å². The van der Waals surface area contributed by atoms with Crippen molar-refractivity contribution in [2.75, 3.05) is 6.61 Å². The highest BCUT2D eigenvalue weighted by atomic mass is 16.6. The number of carbonyl (C=O) groups is 1. The minimum absolute atomic E-state index is 0.0936. The molecule has 2 fully saturated rings. The van der Waals surface area contributed by atoms with Gasteiger partial charge in [-0.3, -0.25) is 4.79 Å². The lowest BCUT2D eigenvalue weighted by molar-refractivity contribution is -0.147. The third-order valence-electron chi connectivity index (χ3n) is 2.57. The molecule has 0 radical (unpaired) electrons. The van der Waals surface area contributed by atoms with E-state index in [4.69, 9.17) is 14.6 Å². The van der Waals surface area contributed by atoms with Crippen LogP contribution in [0.2, 0.25) is 0 Å². The molecule has 0 amide bonds. The Morgan fingerprint density at radius 3 is 2.86 bits per heavy atom. The van der Waals surface area contributed by atoms with Crippen molar-refractivity contribution in [2.45, 2.75) is 36.9 Å². The molecule has 2 rings (SSSR count). The molecule has 0 bridgehead atoms. The highest BCUT2D eigenvalue weighted by molar-refractivity contribution is 5.73. The lowest BCUT2D eigenvalue weighted by Gasteiger charge is -2.20. The first kappa shape index (κ1) is 9.85. The number of rotatable bonds is 2. The SMILES string of the molecule is O=C1C[C@H]2O[C@H]([C@@H](O)CO)[C@H](O)[C@H]2O1. The van der Waals surface area contributed by atoms with E-state index in [0.29, 0.717) is 0 Å². The van der Waals surface area contributed by atoms with Crippen molar-refractivity contribution in [1.29, 1.82) is 0 Å². The fraction of sp³-hybridized carbons (Fsp3) is 0.875. The van der Waals surface area contributed by atoms with Crippen molar-refractivity contribution in [2.24, 2.45) is 0 Å². The number of ether oxygens (including phenoxy) is 2. The zero-order valence-corrected chi connectivity index (χ0v) is 7.37. The van der Waals surface area contributed by atoms with E-state index < -0.39 is 43.1 Å². The van der Waals surface area contributed by atoms with Gasteiger partial charge in [0.2, 0.25) is 0 Å². The van der Waals surface area contributed by atoms with Gasteiger partial charge in [-0.2, -0.15) is 0 Å². The third-order valence-corrected chi connectivity index (χ3v) is 2.57. The summed E-state index contributed by atoms with van der Waals surface area (Å²) in [5.41, 5.74) is 0. The van der Waals surface area contributed by atoms with Gasteiger partial charge in [0.1, 0.15) is 24.4 Å². The summed E-state index contributed by atoms with van der Waals surface area (Å²) < 4.78 is 10.0. The Morgan fingerprint density at radius 2 is 2.29 bits per heavy atom. The summed E-state index contributed by atoms with van der Waals surface area (Å²) in [4.78, 5) is 10.8. The maximum Gasteiger partial charge on any atom is 0.309 e. The largest absolute Gasteiger partial charge is 0.457 e. The van der Waals surface area contributed by atoms with Crippen LogP contribution in [0.25, 0.3) is 0 Å². The first-order valence-electron chi connectivity index (χ1n) is 4.45. The van der Waals surface area contributed by atoms with E-state index in [2.05, 4.69) is 0 Å². The summed E-state index contributed by atoms with van der Waals surface area (Å²) in [6, 6.07) is 0. The van der Waals surface area contributed by atoms with E-state index in [0.717, 1.165) is 0 Å². The van der Waals surface area contributed by atoms with Crippen LogP contribution in [-0.4, -0.2) is 58.4 Å². The first-order chi connectivity index (χ1) is 6.63. The van der Waals surface area contributed by atoms with Crippen molar-refractivity contribution in [3.63, 3.8) is 0 Å². The van der Waals surface area contributed by atoms with Gasteiger partial charge in [-0.1, -0.05) is 0 Å². The molecule has 5 atom stereocenters. The summed E-state index contributed by atoms with van der Waals surface area (Å²) in [6.45, 7) is -0.491. The Hall–Kier alpha value is -0.690. The molecule has 2 heterocycles. The summed E-state index contributed by atoms with van der Waals surface area (Å²) in [7, 11) is 0. The topological polar surface area (TPSA) is 96.2 Å². The number of aliphatic hydroxyl groups excluding tert-OH is 3. The molecule has 0 unspecified atom stereocenters. The highest BCUT2D eigenvalue weighted by Crippen LogP contribution is 2.32. The van der Waals surface area contributed by atoms with E-state index in [1.165, 1.54) is 0 Å². The van der Waals surface area contributed by atoms with Crippen LogP contribution in [0.15, 0.2) is 0 Å². The quantitative estimate of drug-likeness (QED) is 0.441. The number of hydrogen-bond donors (Lipinski definition) is 3. The monoisotopic (exact) mass is 204 g/mol. The summed E-state index contributed by atoms with van der Waals surface area (Å²) in [5, 5.41) is 27.6. The van der Waals surface area contributed by atoms with Crippen molar-refractivity contribution < 1.29 is 29.6 Å². The lowest BCUT2D eigenvalue weighted by atomic mass is 10.0. The Morgan fingerprint density at radius 1 is 1.57 bits per heavy atom. The second-order valence-corrected chi connectivity index (χ2v) is 3.54. The standard InChI is InChI=1S/C8H12O6/c9-2-3(10)7-6(12)8-4(13-7)1-5(11)14-8/h3-4,6-10,12H,1-2H2/t3-,4+,6-,7+,8-/m0/s1. The second-order valence-electron chi connectivity index (χ2n) is 3.54. The molecule has 0 aromatic heterocycles. The lowest BCUT2D eigenvalue weighted by Crippen LogP contribution is -2.41. The minimum atomic E-state index is -1.14. The molecular formula is C8H12O6. The van der Waals surface area contributed by atoms with E-state index in [1.807, 2.05) is 0 Å². The average Bonchev–Trinajstić information content (AvgIpc) is 2.64. The molecule has 2 aliphatic heterocycles. The molecule has 0 aliphatic carbocycles. The first-order valence-corrected chi connectivity index (χ1v) is 4.45. The molecule has 0 spiro atoms. The molecule has 0 aromatic carbocycles. The van der Waals surface area contributed by atoms with Gasteiger partial charge in [0, 0.05) is 0 Å². The maximum atomic E-state index is 10.8. The number of esters is 1. The predicted octanol–water partition coefficient (Wildman–Crippen LogP) is -2.22. The molecule has 80 valence electrons. The van der Waals surface area contributed by atoms with Crippen LogP contribution in [0, 0.1) is 0 Å². The van der Waals surface area contributed by atoms with Gasteiger partial charge in [-0.15, -0.1) is 0 Å². The Labute approximate surface area is 80.1 Å². The number of aliphatic hydroxyl groups is 3. The number of hydrogen-bond acceptors (Lipinski definition) is 6. The van der Waals surface area contributed by atoms with Crippen molar-refractivity contribution in [3.8, 4) is 0 Å². The summed E-state index contributed by atoms with van der Waals surface area (Å²) in [5.74, 6) is -0.406. The van der Waals surface area contributed by atoms with E-state index in [9.17, 15) is 15.0 Å². The zero-order chi connectivity index (χ0) is 10.3. The Bertz CT molecular complexity index is 242. The average molecular weight is 204 g/mol. The molecule has 14 heavy (non-hydrogen) atoms. The van der Waals surface area contributed by atoms with Gasteiger partial charge in [0.05, 0.1) is 13.0 Å². The van der Waals surface area contributed by atoms with Gasteiger partial charge >= 0.3 is 5.97 Å². The normalized spacial score (nSPS) is 43.5. The minimum Gasteiger partial charge on any atom is -0.457 e. The van der Waals surface area contributed by atoms with Gasteiger partial charge in [-0.25, -0.2) is 0 Å². The van der Waals surface area contributed by atoms with Gasteiger partial charge in [0.15, 0.2) is 6.10 Å². The number of carbonyl (C=O) groups excluding carboxylic acids is 1. The highest BCUT2D eigenvalue weighted by Gasteiger charge is 2.52. The predicted molar refractivity (Wildman–Crippen MR) is 42.3 cm³/mol. The van der Waals surface area contributed by atoms with Crippen LogP contribution in [0.5, 0.6) is 0 Å². The molecule has 6 heteroatoms. The third kappa shape index (κ3) is 1.40. The fourth-order valence-electron chi connectivity index (χ4n) is 1.86. The molecule has 3 N–H and O–H groups in total. The summed E-state index contributed by atoms with van der Waals surface area (Å²) >= 11 is 0. The molecule has 0 saturated carbocycles. The molecule has 2 aliphatic rings. The fourth-order valence-corrected chi connectivity index (χ4v) is 1.86. The smallest absolute Gasteiger partial charge is 0.309 e. The van der Waals surface area contributed by atoms with Gasteiger partial charge < -0.3 is 24.8 Å². The molecular weight excluding hydrogens is 192 g/mol. The maximum absolute atomic E-state index is 10.8. The van der Waals surface area contributed by atoms with Crippen LogP contribution < -0.4 is 0 Å². The van der Waals surface area contributed by atoms with Crippen LogP contribution >= 0.6 is 0 Å². The van der Waals surface area contributed by atoms with Crippen molar-refractivity contribution in [1.82, 2.24) is 0 Å². The van der Waals surface area contributed by atoms with Crippen LogP contribution in [0.1, 0.15) is 6.42 Å². The van der Waals surface area contributed by atoms with E-state index in [1.54, 1.807) is 0 Å². The van der Waals surface area contributed by atoms with Gasteiger partial charge in [-0.05, 0) is 0 Å². The second kappa shape index (κ2) is 3.47. The summed E-state index contributed by atoms with van der Waals surface area (Å²) in [6.07, 6.45) is -4.18.